The summed E-state index contributed by atoms with van der Waals surface area (Å²) < 4.78 is 11.1. The molecule has 0 N–H and O–H groups in total. The van der Waals surface area contributed by atoms with Crippen LogP contribution in [0.15, 0.2) is 60.7 Å². The first-order chi connectivity index (χ1) is 11.1. The minimum Gasteiger partial charge on any atom is -0.455 e. The molecule has 0 saturated heterocycles. The molecule has 0 aliphatic heterocycles. The van der Waals surface area contributed by atoms with Crippen molar-refractivity contribution in [3.63, 3.8) is 0 Å². The molecule has 0 aliphatic carbocycles. The van der Waals surface area contributed by atoms with Gasteiger partial charge in [-0.15, -0.1) is 5.92 Å². The summed E-state index contributed by atoms with van der Waals surface area (Å²) in [4.78, 5) is 12.8. The van der Waals surface area contributed by atoms with Crippen LogP contribution in [0.25, 0.3) is 0 Å². The predicted octanol–water partition coefficient (Wildman–Crippen LogP) is 3.86. The van der Waals surface area contributed by atoms with Gasteiger partial charge in [-0.3, -0.25) is 0 Å². The minimum absolute atomic E-state index is 0.388. The van der Waals surface area contributed by atoms with Crippen molar-refractivity contribution in [1.29, 1.82) is 0 Å². The SMILES string of the molecule is CC#C[C@](OC)(C(=O)O[C@H](C)c1ccccc1)c1ccccc1. The van der Waals surface area contributed by atoms with E-state index in [0.717, 1.165) is 5.56 Å². The van der Waals surface area contributed by atoms with Gasteiger partial charge in [0.05, 0.1) is 0 Å². The van der Waals surface area contributed by atoms with Gasteiger partial charge in [0.1, 0.15) is 6.10 Å². The molecule has 0 aromatic heterocycles. The molecule has 0 amide bonds. The predicted molar refractivity (Wildman–Crippen MR) is 89.5 cm³/mol. The van der Waals surface area contributed by atoms with Crippen LogP contribution in [0.2, 0.25) is 0 Å². The zero-order chi connectivity index (χ0) is 16.7. The Labute approximate surface area is 137 Å². The smallest absolute Gasteiger partial charge is 0.356 e. The van der Waals surface area contributed by atoms with Crippen LogP contribution in [0.1, 0.15) is 31.1 Å². The second-order valence-corrected chi connectivity index (χ2v) is 5.08. The van der Waals surface area contributed by atoms with E-state index in [1.165, 1.54) is 7.11 Å². The van der Waals surface area contributed by atoms with Crippen molar-refractivity contribution in [2.45, 2.75) is 25.6 Å². The second kappa shape index (κ2) is 7.62. The molecule has 3 nitrogen and oxygen atoms in total. The van der Waals surface area contributed by atoms with Gasteiger partial charge in [0.25, 0.3) is 5.60 Å². The lowest BCUT2D eigenvalue weighted by Gasteiger charge is -2.27. The van der Waals surface area contributed by atoms with Crippen molar-refractivity contribution in [1.82, 2.24) is 0 Å². The number of ether oxygens (including phenoxy) is 2. The fraction of sp³-hybridized carbons (Fsp3) is 0.250. The monoisotopic (exact) mass is 308 g/mol. The standard InChI is InChI=1S/C20H20O3/c1-4-15-20(22-3,18-13-9-6-10-14-18)19(21)23-16(2)17-11-7-5-8-12-17/h5-14,16H,1-3H3/t16-,20-/m1/s1. The zero-order valence-corrected chi connectivity index (χ0v) is 13.6. The maximum atomic E-state index is 12.8. The van der Waals surface area contributed by atoms with Crippen molar-refractivity contribution < 1.29 is 14.3 Å². The molecule has 0 aliphatic rings. The molecule has 0 unspecified atom stereocenters. The van der Waals surface area contributed by atoms with Gasteiger partial charge in [0, 0.05) is 12.7 Å². The van der Waals surface area contributed by atoms with Gasteiger partial charge in [0.15, 0.2) is 0 Å². The van der Waals surface area contributed by atoms with Crippen molar-refractivity contribution in [2.24, 2.45) is 0 Å². The molecule has 0 radical (unpaired) electrons. The quantitative estimate of drug-likeness (QED) is 0.621. The summed E-state index contributed by atoms with van der Waals surface area (Å²) in [6, 6.07) is 18.7. The van der Waals surface area contributed by atoms with E-state index in [4.69, 9.17) is 9.47 Å². The largest absolute Gasteiger partial charge is 0.455 e. The van der Waals surface area contributed by atoms with Crippen LogP contribution in [-0.2, 0) is 19.9 Å². The third-order valence-electron chi connectivity index (χ3n) is 3.63. The van der Waals surface area contributed by atoms with Crippen LogP contribution in [0.4, 0.5) is 0 Å². The van der Waals surface area contributed by atoms with Crippen LogP contribution < -0.4 is 0 Å². The van der Waals surface area contributed by atoms with Gasteiger partial charge in [-0.05, 0) is 19.4 Å². The van der Waals surface area contributed by atoms with E-state index < -0.39 is 11.6 Å². The Morgan fingerprint density at radius 3 is 2.13 bits per heavy atom. The third kappa shape index (κ3) is 3.61. The summed E-state index contributed by atoms with van der Waals surface area (Å²) in [6.07, 6.45) is -0.388. The van der Waals surface area contributed by atoms with E-state index in [2.05, 4.69) is 11.8 Å². The Hall–Kier alpha value is -2.57. The van der Waals surface area contributed by atoms with Gasteiger partial charge >= 0.3 is 5.97 Å². The lowest BCUT2D eigenvalue weighted by Crippen LogP contribution is -2.38. The van der Waals surface area contributed by atoms with Crippen molar-refractivity contribution in [3.8, 4) is 11.8 Å². The third-order valence-corrected chi connectivity index (χ3v) is 3.63. The summed E-state index contributed by atoms with van der Waals surface area (Å²) in [5.74, 6) is 5.13. The summed E-state index contributed by atoms with van der Waals surface area (Å²) in [6.45, 7) is 3.50. The lowest BCUT2D eigenvalue weighted by atomic mass is 9.94. The molecular formula is C20H20O3. The Kier molecular flexibility index (Phi) is 5.56. The summed E-state index contributed by atoms with van der Waals surface area (Å²) in [5, 5.41) is 0. The summed E-state index contributed by atoms with van der Waals surface area (Å²) in [5.41, 5.74) is 0.157. The first-order valence-electron chi connectivity index (χ1n) is 7.44. The zero-order valence-electron chi connectivity index (χ0n) is 13.6. The van der Waals surface area contributed by atoms with Crippen molar-refractivity contribution >= 4 is 5.97 Å². The van der Waals surface area contributed by atoms with Crippen molar-refractivity contribution in [3.05, 3.63) is 71.8 Å². The molecule has 23 heavy (non-hydrogen) atoms. The molecule has 0 spiro atoms. The first kappa shape index (κ1) is 16.8. The highest BCUT2D eigenvalue weighted by Crippen LogP contribution is 2.29. The Morgan fingerprint density at radius 2 is 1.61 bits per heavy atom. The first-order valence-corrected chi connectivity index (χ1v) is 7.44. The van der Waals surface area contributed by atoms with E-state index in [9.17, 15) is 4.79 Å². The maximum Gasteiger partial charge on any atom is 0.356 e. The molecule has 2 rings (SSSR count). The maximum absolute atomic E-state index is 12.8. The Bertz CT molecular complexity index is 698. The van der Waals surface area contributed by atoms with E-state index in [1.807, 2.05) is 67.6 Å². The minimum atomic E-state index is -1.42. The second-order valence-electron chi connectivity index (χ2n) is 5.08. The fourth-order valence-corrected chi connectivity index (χ4v) is 2.38. The number of methoxy groups -OCH3 is 1. The van der Waals surface area contributed by atoms with Crippen LogP contribution in [0, 0.1) is 11.8 Å². The Balaban J connectivity index is 2.32. The highest BCUT2D eigenvalue weighted by Gasteiger charge is 2.41. The van der Waals surface area contributed by atoms with Crippen LogP contribution in [0.5, 0.6) is 0 Å². The molecule has 3 heteroatoms. The van der Waals surface area contributed by atoms with Crippen LogP contribution in [0.3, 0.4) is 0 Å². The number of rotatable bonds is 5. The van der Waals surface area contributed by atoms with Gasteiger partial charge in [0.2, 0.25) is 0 Å². The van der Waals surface area contributed by atoms with Gasteiger partial charge in [-0.2, -0.15) is 0 Å². The summed E-state index contributed by atoms with van der Waals surface area (Å²) in [7, 11) is 1.46. The van der Waals surface area contributed by atoms with Crippen LogP contribution >= 0.6 is 0 Å². The van der Waals surface area contributed by atoms with Gasteiger partial charge < -0.3 is 9.47 Å². The van der Waals surface area contributed by atoms with Gasteiger partial charge in [-0.1, -0.05) is 66.6 Å². The topological polar surface area (TPSA) is 35.5 Å². The number of esters is 1. The fourth-order valence-electron chi connectivity index (χ4n) is 2.38. The number of carbonyl (C=O) groups excluding carboxylic acids is 1. The molecule has 2 aromatic rings. The molecule has 2 atom stereocenters. The average molecular weight is 308 g/mol. The molecule has 0 fully saturated rings. The Morgan fingerprint density at radius 1 is 1.04 bits per heavy atom. The normalized spacial score (nSPS) is 14.0. The number of benzene rings is 2. The molecule has 2 aromatic carbocycles. The molecule has 0 bridgehead atoms. The number of carbonyl (C=O) groups is 1. The van der Waals surface area contributed by atoms with E-state index in [-0.39, 0.29) is 6.10 Å². The molecule has 118 valence electrons. The number of hydrogen-bond donors (Lipinski definition) is 0. The van der Waals surface area contributed by atoms with Crippen molar-refractivity contribution in [2.75, 3.05) is 7.11 Å². The van der Waals surface area contributed by atoms with E-state index in [0.29, 0.717) is 5.56 Å². The summed E-state index contributed by atoms with van der Waals surface area (Å²) >= 11 is 0. The molecule has 0 saturated carbocycles. The molecule has 0 heterocycles. The highest BCUT2D eigenvalue weighted by atomic mass is 16.6. The lowest BCUT2D eigenvalue weighted by molar-refractivity contribution is -0.168. The van der Waals surface area contributed by atoms with E-state index in [1.54, 1.807) is 6.92 Å². The molecular weight excluding hydrogens is 288 g/mol. The van der Waals surface area contributed by atoms with Crippen LogP contribution in [-0.4, -0.2) is 13.1 Å². The average Bonchev–Trinajstić information content (AvgIpc) is 2.61. The highest BCUT2D eigenvalue weighted by molar-refractivity contribution is 5.85. The number of hydrogen-bond acceptors (Lipinski definition) is 3. The van der Waals surface area contributed by atoms with Gasteiger partial charge in [-0.25, -0.2) is 4.79 Å². The van der Waals surface area contributed by atoms with E-state index >= 15 is 0 Å².